The SMILES string of the molecule is O=C(O)c1csc(CNC(=O)c2nn(-c3ccc(F)cc3)c3c2CCC3)n1. The van der Waals surface area contributed by atoms with Crippen molar-refractivity contribution < 1.29 is 19.1 Å². The molecule has 27 heavy (non-hydrogen) atoms. The van der Waals surface area contributed by atoms with Gasteiger partial charge in [0.05, 0.1) is 12.2 Å². The smallest absolute Gasteiger partial charge is 0.355 e. The molecule has 3 aromatic rings. The lowest BCUT2D eigenvalue weighted by atomic mass is 10.2. The Bertz CT molecular complexity index is 1030. The molecule has 0 saturated heterocycles. The van der Waals surface area contributed by atoms with Crippen LogP contribution in [0.5, 0.6) is 0 Å². The van der Waals surface area contributed by atoms with Gasteiger partial charge in [-0.05, 0) is 43.5 Å². The number of hydrogen-bond donors (Lipinski definition) is 2. The molecule has 138 valence electrons. The average Bonchev–Trinajstić information content (AvgIpc) is 3.36. The number of carbonyl (C=O) groups is 2. The summed E-state index contributed by atoms with van der Waals surface area (Å²) in [6.45, 7) is 0.134. The number of rotatable bonds is 5. The topological polar surface area (TPSA) is 97.1 Å². The number of amides is 1. The number of carbonyl (C=O) groups excluding carboxylic acids is 1. The molecule has 0 radical (unpaired) electrons. The number of carboxylic acids is 1. The molecule has 0 bridgehead atoms. The zero-order valence-corrected chi connectivity index (χ0v) is 14.9. The van der Waals surface area contributed by atoms with Crippen molar-refractivity contribution >= 4 is 23.2 Å². The van der Waals surface area contributed by atoms with E-state index in [0.717, 1.165) is 30.5 Å². The minimum absolute atomic E-state index is 0.0364. The summed E-state index contributed by atoms with van der Waals surface area (Å²) in [7, 11) is 0. The first-order valence-corrected chi connectivity index (χ1v) is 9.23. The van der Waals surface area contributed by atoms with Gasteiger partial charge in [-0.2, -0.15) is 5.10 Å². The molecule has 0 aliphatic heterocycles. The third kappa shape index (κ3) is 3.33. The standard InChI is InChI=1S/C18H15FN4O3S/c19-10-4-6-11(7-5-10)23-14-3-1-2-12(14)16(22-23)17(24)20-8-15-21-13(9-27-15)18(25)26/h4-7,9H,1-3,8H2,(H,20,24)(H,25,26). The molecule has 1 amide bonds. The Morgan fingerprint density at radius 3 is 2.74 bits per heavy atom. The molecule has 2 N–H and O–H groups in total. The molecular formula is C18H15FN4O3S. The quantitative estimate of drug-likeness (QED) is 0.703. The second-order valence-electron chi connectivity index (χ2n) is 6.13. The lowest BCUT2D eigenvalue weighted by Crippen LogP contribution is -2.24. The molecule has 1 aromatic carbocycles. The highest BCUT2D eigenvalue weighted by Gasteiger charge is 2.27. The van der Waals surface area contributed by atoms with Gasteiger partial charge in [0, 0.05) is 16.6 Å². The van der Waals surface area contributed by atoms with E-state index in [0.29, 0.717) is 16.4 Å². The number of benzene rings is 1. The molecule has 2 heterocycles. The van der Waals surface area contributed by atoms with Gasteiger partial charge in [-0.15, -0.1) is 11.3 Å². The lowest BCUT2D eigenvalue weighted by Gasteiger charge is -2.05. The van der Waals surface area contributed by atoms with E-state index in [2.05, 4.69) is 15.4 Å². The minimum Gasteiger partial charge on any atom is -0.476 e. The molecule has 0 spiro atoms. The van der Waals surface area contributed by atoms with Crippen LogP contribution in [0.25, 0.3) is 5.69 Å². The molecule has 0 saturated carbocycles. The van der Waals surface area contributed by atoms with Gasteiger partial charge in [0.1, 0.15) is 10.8 Å². The summed E-state index contributed by atoms with van der Waals surface area (Å²) in [4.78, 5) is 27.5. The Hall–Kier alpha value is -3.07. The number of hydrogen-bond acceptors (Lipinski definition) is 5. The summed E-state index contributed by atoms with van der Waals surface area (Å²) >= 11 is 1.18. The highest BCUT2D eigenvalue weighted by atomic mass is 32.1. The van der Waals surface area contributed by atoms with Gasteiger partial charge in [-0.25, -0.2) is 18.9 Å². The molecule has 0 atom stereocenters. The maximum absolute atomic E-state index is 13.2. The van der Waals surface area contributed by atoms with Crippen molar-refractivity contribution in [3.63, 3.8) is 0 Å². The van der Waals surface area contributed by atoms with E-state index in [-0.39, 0.29) is 24.0 Å². The number of aromatic carboxylic acids is 1. The number of aromatic nitrogens is 3. The van der Waals surface area contributed by atoms with Crippen LogP contribution in [0.2, 0.25) is 0 Å². The summed E-state index contributed by atoms with van der Waals surface area (Å²) in [5.74, 6) is -1.76. The van der Waals surface area contributed by atoms with Crippen LogP contribution in [0, 0.1) is 5.82 Å². The summed E-state index contributed by atoms with van der Waals surface area (Å²) in [5, 5.41) is 18.1. The van der Waals surface area contributed by atoms with Gasteiger partial charge in [-0.1, -0.05) is 0 Å². The van der Waals surface area contributed by atoms with Crippen molar-refractivity contribution in [2.75, 3.05) is 0 Å². The largest absolute Gasteiger partial charge is 0.476 e. The number of carboxylic acid groups (broad SMARTS) is 1. The van der Waals surface area contributed by atoms with Crippen molar-refractivity contribution in [3.8, 4) is 5.69 Å². The lowest BCUT2D eigenvalue weighted by molar-refractivity contribution is 0.0691. The van der Waals surface area contributed by atoms with Crippen LogP contribution in [-0.4, -0.2) is 31.7 Å². The summed E-state index contributed by atoms with van der Waals surface area (Å²) < 4.78 is 14.9. The van der Waals surface area contributed by atoms with Crippen LogP contribution in [-0.2, 0) is 19.4 Å². The molecule has 1 aliphatic rings. The minimum atomic E-state index is -1.10. The second kappa shape index (κ2) is 6.92. The van der Waals surface area contributed by atoms with Crippen LogP contribution in [0.4, 0.5) is 4.39 Å². The van der Waals surface area contributed by atoms with Gasteiger partial charge in [-0.3, -0.25) is 4.79 Å². The van der Waals surface area contributed by atoms with Crippen molar-refractivity contribution in [2.45, 2.75) is 25.8 Å². The van der Waals surface area contributed by atoms with Crippen molar-refractivity contribution in [2.24, 2.45) is 0 Å². The Balaban J connectivity index is 1.56. The first kappa shape index (κ1) is 17.3. The molecule has 4 rings (SSSR count). The molecule has 2 aromatic heterocycles. The molecule has 9 heteroatoms. The first-order chi connectivity index (χ1) is 13.0. The van der Waals surface area contributed by atoms with Crippen LogP contribution in [0.15, 0.2) is 29.6 Å². The van der Waals surface area contributed by atoms with E-state index in [1.165, 1.54) is 28.8 Å². The van der Waals surface area contributed by atoms with Crippen molar-refractivity contribution in [1.29, 1.82) is 0 Å². The van der Waals surface area contributed by atoms with E-state index < -0.39 is 5.97 Å². The summed E-state index contributed by atoms with van der Waals surface area (Å²) in [6, 6.07) is 5.98. The molecule has 0 unspecified atom stereocenters. The average molecular weight is 386 g/mol. The van der Waals surface area contributed by atoms with Gasteiger partial charge < -0.3 is 10.4 Å². The predicted octanol–water partition coefficient (Wildman–Crippen LogP) is 2.58. The van der Waals surface area contributed by atoms with E-state index in [4.69, 9.17) is 5.11 Å². The number of halogens is 1. The van der Waals surface area contributed by atoms with Crippen LogP contribution in [0.1, 0.15) is 43.7 Å². The fraction of sp³-hybridized carbons (Fsp3) is 0.222. The van der Waals surface area contributed by atoms with Gasteiger partial charge in [0.2, 0.25) is 0 Å². The Morgan fingerprint density at radius 2 is 2.04 bits per heavy atom. The zero-order valence-electron chi connectivity index (χ0n) is 14.1. The van der Waals surface area contributed by atoms with E-state index in [1.54, 1.807) is 16.8 Å². The highest BCUT2D eigenvalue weighted by Crippen LogP contribution is 2.28. The van der Waals surface area contributed by atoms with Crippen LogP contribution >= 0.6 is 11.3 Å². The first-order valence-electron chi connectivity index (χ1n) is 8.35. The fourth-order valence-corrected chi connectivity index (χ4v) is 3.85. The summed E-state index contributed by atoms with van der Waals surface area (Å²) in [5.41, 5.74) is 2.89. The maximum Gasteiger partial charge on any atom is 0.355 e. The van der Waals surface area contributed by atoms with Crippen molar-refractivity contribution in [3.05, 3.63) is 63.1 Å². The number of fused-ring (bicyclic) bond motifs is 1. The van der Waals surface area contributed by atoms with Crippen LogP contribution in [0.3, 0.4) is 0 Å². The van der Waals surface area contributed by atoms with Crippen LogP contribution < -0.4 is 5.32 Å². The number of thiazole rings is 1. The van der Waals surface area contributed by atoms with Gasteiger partial charge >= 0.3 is 5.97 Å². The third-order valence-electron chi connectivity index (χ3n) is 4.39. The van der Waals surface area contributed by atoms with E-state index >= 15 is 0 Å². The molecule has 1 aliphatic carbocycles. The highest BCUT2D eigenvalue weighted by molar-refractivity contribution is 7.09. The monoisotopic (exact) mass is 386 g/mol. The van der Waals surface area contributed by atoms with E-state index in [9.17, 15) is 14.0 Å². The van der Waals surface area contributed by atoms with Crippen molar-refractivity contribution in [1.82, 2.24) is 20.1 Å². The summed E-state index contributed by atoms with van der Waals surface area (Å²) in [6.07, 6.45) is 2.50. The fourth-order valence-electron chi connectivity index (χ4n) is 3.15. The maximum atomic E-state index is 13.2. The third-order valence-corrected chi connectivity index (χ3v) is 5.24. The molecular weight excluding hydrogens is 371 g/mol. The molecule has 0 fully saturated rings. The Labute approximate surface area is 157 Å². The van der Waals surface area contributed by atoms with Gasteiger partial charge in [0.15, 0.2) is 11.4 Å². The van der Waals surface area contributed by atoms with E-state index in [1.807, 2.05) is 0 Å². The molecule has 7 nitrogen and oxygen atoms in total. The Morgan fingerprint density at radius 1 is 1.26 bits per heavy atom. The zero-order chi connectivity index (χ0) is 19.0. The number of nitrogens with one attached hydrogen (secondary N) is 1. The van der Waals surface area contributed by atoms with Gasteiger partial charge in [0.25, 0.3) is 5.91 Å². The predicted molar refractivity (Wildman–Crippen MR) is 95.8 cm³/mol. The normalized spacial score (nSPS) is 12.8. The second-order valence-corrected chi connectivity index (χ2v) is 7.07. The Kier molecular flexibility index (Phi) is 4.44. The number of nitrogens with zero attached hydrogens (tertiary/aromatic N) is 3.